The molecule has 4 aromatic rings. The molecular formula is C25H26N6. The molecule has 4 N–H and O–H groups in total. The van der Waals surface area contributed by atoms with Crippen molar-refractivity contribution in [2.45, 2.75) is 38.1 Å². The monoisotopic (exact) mass is 410 g/mol. The van der Waals surface area contributed by atoms with Gasteiger partial charge in [0.05, 0.1) is 5.69 Å². The number of H-pyrrole nitrogens is 1. The molecule has 0 unspecified atom stereocenters. The van der Waals surface area contributed by atoms with Gasteiger partial charge in [0.1, 0.15) is 22.7 Å². The number of aromatic nitrogens is 3. The molecule has 0 bridgehead atoms. The van der Waals surface area contributed by atoms with Crippen molar-refractivity contribution in [1.29, 1.82) is 0 Å². The lowest BCUT2D eigenvalue weighted by Crippen LogP contribution is -2.24. The van der Waals surface area contributed by atoms with E-state index >= 15 is 0 Å². The average Bonchev–Trinajstić information content (AvgIpc) is 3.25. The molecule has 1 aliphatic carbocycles. The molecular weight excluding hydrogens is 384 g/mol. The number of fused-ring (bicyclic) bond motifs is 1. The number of hydrogen-bond acceptors (Lipinski definition) is 4. The van der Waals surface area contributed by atoms with Crippen molar-refractivity contribution in [3.63, 3.8) is 0 Å². The van der Waals surface area contributed by atoms with E-state index in [9.17, 15) is 0 Å². The van der Waals surface area contributed by atoms with Crippen LogP contribution in [-0.2, 0) is 0 Å². The lowest BCUT2D eigenvalue weighted by molar-refractivity contribution is 0.462. The Morgan fingerprint density at radius 3 is 2.42 bits per heavy atom. The highest BCUT2D eigenvalue weighted by atomic mass is 15.2. The Bertz CT molecular complexity index is 1190. The Morgan fingerprint density at radius 1 is 0.968 bits per heavy atom. The number of rotatable bonds is 5. The lowest BCUT2D eigenvalue weighted by Gasteiger charge is -2.23. The third-order valence-electron chi connectivity index (χ3n) is 5.82. The fourth-order valence-corrected chi connectivity index (χ4v) is 4.21. The van der Waals surface area contributed by atoms with E-state index in [1.165, 1.54) is 19.3 Å². The molecule has 6 nitrogen and oxygen atoms in total. The number of nitrogens with one attached hydrogen (secondary N) is 2. The molecule has 2 heterocycles. The number of amidine groups is 1. The zero-order valence-corrected chi connectivity index (χ0v) is 17.4. The molecule has 1 aliphatic rings. The molecule has 0 amide bonds. The maximum Gasteiger partial charge on any atom is 0.153 e. The van der Waals surface area contributed by atoms with Gasteiger partial charge in [0.2, 0.25) is 0 Å². The minimum atomic E-state index is 0.389. The molecule has 1 fully saturated rings. The summed E-state index contributed by atoms with van der Waals surface area (Å²) in [5.74, 6) is 1.18. The van der Waals surface area contributed by atoms with Crippen LogP contribution in [0.25, 0.3) is 22.2 Å². The van der Waals surface area contributed by atoms with Crippen LogP contribution in [0.2, 0.25) is 0 Å². The van der Waals surface area contributed by atoms with E-state index in [0.29, 0.717) is 17.6 Å². The first-order chi connectivity index (χ1) is 15.3. The van der Waals surface area contributed by atoms with Crippen LogP contribution in [0.15, 0.2) is 71.7 Å². The number of pyridine rings is 1. The molecule has 0 spiro atoms. The van der Waals surface area contributed by atoms with E-state index in [2.05, 4.69) is 32.6 Å². The van der Waals surface area contributed by atoms with Crippen molar-refractivity contribution >= 4 is 28.2 Å². The molecule has 5 rings (SSSR count). The summed E-state index contributed by atoms with van der Waals surface area (Å²) < 4.78 is 0. The van der Waals surface area contributed by atoms with Gasteiger partial charge in [-0.15, -0.1) is 0 Å². The smallest absolute Gasteiger partial charge is 0.153 e. The minimum Gasteiger partial charge on any atom is -0.382 e. The Morgan fingerprint density at radius 2 is 1.68 bits per heavy atom. The molecule has 31 heavy (non-hydrogen) atoms. The quantitative estimate of drug-likeness (QED) is 0.303. The number of nitrogens with zero attached hydrogens (tertiary/aromatic N) is 3. The molecule has 0 atom stereocenters. The van der Waals surface area contributed by atoms with Crippen molar-refractivity contribution in [3.8, 4) is 11.3 Å². The van der Waals surface area contributed by atoms with Gasteiger partial charge >= 0.3 is 0 Å². The van der Waals surface area contributed by atoms with Crippen LogP contribution in [0, 0.1) is 0 Å². The van der Waals surface area contributed by atoms with Crippen molar-refractivity contribution in [3.05, 3.63) is 72.4 Å². The first kappa shape index (κ1) is 19.3. The number of aromatic amines is 1. The van der Waals surface area contributed by atoms with Gasteiger partial charge in [0.15, 0.2) is 5.82 Å². The predicted molar refractivity (Wildman–Crippen MR) is 127 cm³/mol. The summed E-state index contributed by atoms with van der Waals surface area (Å²) in [7, 11) is 0. The number of aliphatic imine (C=N–C) groups is 1. The Hall–Kier alpha value is -3.67. The molecule has 6 heteroatoms. The highest BCUT2D eigenvalue weighted by Gasteiger charge is 2.19. The van der Waals surface area contributed by atoms with Crippen LogP contribution in [0.4, 0.5) is 11.5 Å². The molecule has 1 saturated carbocycles. The predicted octanol–water partition coefficient (Wildman–Crippen LogP) is 5.41. The number of benzene rings is 2. The molecule has 0 radical (unpaired) electrons. The minimum absolute atomic E-state index is 0.389. The van der Waals surface area contributed by atoms with E-state index < -0.39 is 0 Å². The van der Waals surface area contributed by atoms with Crippen LogP contribution < -0.4 is 11.1 Å². The molecule has 0 saturated heterocycles. The summed E-state index contributed by atoms with van der Waals surface area (Å²) in [6.45, 7) is 0. The van der Waals surface area contributed by atoms with Crippen molar-refractivity contribution < 1.29 is 0 Å². The average molecular weight is 411 g/mol. The standard InChI is InChI=1S/C25H26N6/c26-24(27-18-12-6-2-7-13-18)21-16-20-22(17-10-4-1-5-11-17)30-31-23(20)25(29-21)28-19-14-8-3-9-15-19/h1-2,4-7,10-13,16,19H,3,8-9,14-15H2,(H2,26,27)(H,28,29)(H,30,31). The van der Waals surface area contributed by atoms with Gasteiger partial charge in [0, 0.05) is 17.0 Å². The Kier molecular flexibility index (Phi) is 5.35. The first-order valence-electron chi connectivity index (χ1n) is 10.9. The SMILES string of the molecule is NC(=Nc1ccccc1)c1cc2c(-c3ccccc3)n[nH]c2c(NC2CCCCC2)n1. The maximum absolute atomic E-state index is 6.41. The van der Waals surface area contributed by atoms with Gasteiger partial charge < -0.3 is 11.1 Å². The van der Waals surface area contributed by atoms with Crippen LogP contribution in [0.3, 0.4) is 0 Å². The zero-order chi connectivity index (χ0) is 21.0. The maximum atomic E-state index is 6.41. The van der Waals surface area contributed by atoms with E-state index in [1.54, 1.807) is 0 Å². The summed E-state index contributed by atoms with van der Waals surface area (Å²) in [5, 5.41) is 12.5. The van der Waals surface area contributed by atoms with E-state index in [1.807, 2.05) is 54.6 Å². The van der Waals surface area contributed by atoms with Gasteiger partial charge in [-0.05, 0) is 31.0 Å². The topological polar surface area (TPSA) is 92.0 Å². The first-order valence-corrected chi connectivity index (χ1v) is 10.9. The summed E-state index contributed by atoms with van der Waals surface area (Å²) in [4.78, 5) is 9.44. The largest absolute Gasteiger partial charge is 0.382 e. The van der Waals surface area contributed by atoms with Gasteiger partial charge in [0.25, 0.3) is 0 Å². The normalized spacial score (nSPS) is 15.3. The molecule has 2 aromatic heterocycles. The van der Waals surface area contributed by atoms with Gasteiger partial charge in [-0.2, -0.15) is 5.10 Å². The third kappa shape index (κ3) is 4.14. The zero-order valence-electron chi connectivity index (χ0n) is 17.4. The van der Waals surface area contributed by atoms with Crippen molar-refractivity contribution in [2.75, 3.05) is 5.32 Å². The highest BCUT2D eigenvalue weighted by Crippen LogP contribution is 2.32. The Balaban J connectivity index is 1.62. The highest BCUT2D eigenvalue weighted by molar-refractivity contribution is 6.05. The van der Waals surface area contributed by atoms with E-state index in [4.69, 9.17) is 10.7 Å². The fourth-order valence-electron chi connectivity index (χ4n) is 4.21. The van der Waals surface area contributed by atoms with Gasteiger partial charge in [-0.3, -0.25) is 5.10 Å². The third-order valence-corrected chi connectivity index (χ3v) is 5.82. The molecule has 0 aliphatic heterocycles. The second kappa shape index (κ2) is 8.60. The van der Waals surface area contributed by atoms with Crippen molar-refractivity contribution in [1.82, 2.24) is 15.2 Å². The number of nitrogens with two attached hydrogens (primary N) is 1. The summed E-state index contributed by atoms with van der Waals surface area (Å²) in [6.07, 6.45) is 6.11. The van der Waals surface area contributed by atoms with Crippen LogP contribution in [0.1, 0.15) is 37.8 Å². The number of anilines is 1. The summed E-state index contributed by atoms with van der Waals surface area (Å²) in [5.41, 5.74) is 10.7. The fraction of sp³-hybridized carbons (Fsp3) is 0.240. The van der Waals surface area contributed by atoms with E-state index in [0.717, 1.165) is 46.5 Å². The van der Waals surface area contributed by atoms with E-state index in [-0.39, 0.29) is 0 Å². The second-order valence-corrected chi connectivity index (χ2v) is 8.03. The van der Waals surface area contributed by atoms with Crippen LogP contribution in [0.5, 0.6) is 0 Å². The van der Waals surface area contributed by atoms with Gasteiger partial charge in [-0.25, -0.2) is 9.98 Å². The van der Waals surface area contributed by atoms with Gasteiger partial charge in [-0.1, -0.05) is 67.8 Å². The molecule has 2 aromatic carbocycles. The lowest BCUT2D eigenvalue weighted by atomic mass is 9.95. The second-order valence-electron chi connectivity index (χ2n) is 8.03. The van der Waals surface area contributed by atoms with Crippen LogP contribution >= 0.6 is 0 Å². The summed E-state index contributed by atoms with van der Waals surface area (Å²) >= 11 is 0. The van der Waals surface area contributed by atoms with Crippen LogP contribution in [-0.4, -0.2) is 27.1 Å². The number of para-hydroxylation sites is 1. The Labute approximate surface area is 181 Å². The number of hydrogen-bond donors (Lipinski definition) is 3. The molecule has 156 valence electrons. The van der Waals surface area contributed by atoms with Crippen molar-refractivity contribution in [2.24, 2.45) is 10.7 Å². The summed E-state index contributed by atoms with van der Waals surface area (Å²) in [6, 6.07) is 22.3.